The molecule has 98 valence electrons. The number of amides is 1. The second-order valence-corrected chi connectivity index (χ2v) is 5.71. The third kappa shape index (κ3) is 3.24. The normalized spacial score (nSPS) is 16.8. The predicted octanol–water partition coefficient (Wildman–Crippen LogP) is 3.39. The summed E-state index contributed by atoms with van der Waals surface area (Å²) in [5, 5.41) is 2.69. The molecule has 1 aromatic heterocycles. The molecule has 1 aliphatic rings. The summed E-state index contributed by atoms with van der Waals surface area (Å²) in [6.45, 7) is 7.83. The van der Waals surface area contributed by atoms with Gasteiger partial charge in [0.25, 0.3) is 5.91 Å². The Morgan fingerprint density at radius 2 is 2.26 bits per heavy atom. The summed E-state index contributed by atoms with van der Waals surface area (Å²) in [5.41, 5.74) is 0.482. The van der Waals surface area contributed by atoms with E-state index >= 15 is 0 Å². The number of aliphatic imine (C=N–C) groups is 1. The molecule has 19 heavy (non-hydrogen) atoms. The van der Waals surface area contributed by atoms with Crippen molar-refractivity contribution in [3.05, 3.63) is 53.4 Å². The number of thiophene rings is 1. The minimum atomic E-state index is -0.0696. The van der Waals surface area contributed by atoms with Gasteiger partial charge in [-0.05, 0) is 17.5 Å². The molecule has 0 N–H and O–H groups in total. The maximum Gasteiger partial charge on any atom is 0.278 e. The summed E-state index contributed by atoms with van der Waals surface area (Å²) in [6.07, 6.45) is 5.32. The first-order chi connectivity index (χ1) is 9.26. The molecule has 0 radical (unpaired) electrons. The van der Waals surface area contributed by atoms with Gasteiger partial charge in [-0.2, -0.15) is 0 Å². The van der Waals surface area contributed by atoms with Crippen LogP contribution in [0, 0.1) is 0 Å². The Balaban J connectivity index is 2.25. The summed E-state index contributed by atoms with van der Waals surface area (Å²) in [6, 6.07) is 3.92. The van der Waals surface area contributed by atoms with Gasteiger partial charge in [-0.3, -0.25) is 9.69 Å². The Morgan fingerprint density at radius 1 is 1.42 bits per heavy atom. The molecule has 0 saturated heterocycles. The van der Waals surface area contributed by atoms with E-state index in [1.165, 1.54) is 11.8 Å². The summed E-state index contributed by atoms with van der Waals surface area (Å²) in [4.78, 5) is 19.3. The highest BCUT2D eigenvalue weighted by molar-refractivity contribution is 8.14. The highest BCUT2D eigenvalue weighted by atomic mass is 32.2. The zero-order valence-corrected chi connectivity index (χ0v) is 12.0. The van der Waals surface area contributed by atoms with Gasteiger partial charge >= 0.3 is 0 Å². The molecule has 0 aliphatic carbocycles. The van der Waals surface area contributed by atoms with Crippen molar-refractivity contribution in [2.24, 2.45) is 4.99 Å². The topological polar surface area (TPSA) is 32.7 Å². The van der Waals surface area contributed by atoms with Crippen molar-refractivity contribution in [1.82, 2.24) is 4.90 Å². The lowest BCUT2D eigenvalue weighted by Crippen LogP contribution is -2.30. The number of rotatable bonds is 5. The Labute approximate surface area is 121 Å². The van der Waals surface area contributed by atoms with Crippen LogP contribution in [0.3, 0.4) is 0 Å². The molecule has 0 fully saturated rings. The summed E-state index contributed by atoms with van der Waals surface area (Å²) in [5.74, 6) is 0.659. The maximum atomic E-state index is 12.3. The van der Waals surface area contributed by atoms with E-state index in [2.05, 4.69) is 18.2 Å². The van der Waals surface area contributed by atoms with Gasteiger partial charge in [0.2, 0.25) is 0 Å². The molecule has 3 nitrogen and oxygen atoms in total. The van der Waals surface area contributed by atoms with Gasteiger partial charge in [-0.25, -0.2) is 4.99 Å². The van der Waals surface area contributed by atoms with Gasteiger partial charge in [0.05, 0.1) is 0 Å². The Kier molecular flexibility index (Phi) is 4.76. The van der Waals surface area contributed by atoms with Crippen LogP contribution < -0.4 is 0 Å². The number of thioether (sulfide) groups is 1. The molecule has 5 heteroatoms. The number of carbonyl (C=O) groups excluding carboxylic acids is 1. The largest absolute Gasteiger partial charge is 0.282 e. The third-order valence-electron chi connectivity index (χ3n) is 2.38. The standard InChI is InChI=1S/C14H14N2OS2/c1-3-7-16-13(17)12(10-11-6-5-9-18-11)15-14(16)19-8-4-2/h3-6,9-10H,1-2,7-8H2/b12-10-. The van der Waals surface area contributed by atoms with Crippen LogP contribution in [0.1, 0.15) is 4.88 Å². The monoisotopic (exact) mass is 290 g/mol. The van der Waals surface area contributed by atoms with E-state index in [4.69, 9.17) is 0 Å². The first kappa shape index (κ1) is 13.8. The van der Waals surface area contributed by atoms with Crippen molar-refractivity contribution in [2.75, 3.05) is 12.3 Å². The lowest BCUT2D eigenvalue weighted by molar-refractivity contribution is -0.122. The molecular weight excluding hydrogens is 276 g/mol. The first-order valence-electron chi connectivity index (χ1n) is 5.76. The fourth-order valence-corrected chi connectivity index (χ4v) is 2.97. The van der Waals surface area contributed by atoms with Gasteiger partial charge in [-0.1, -0.05) is 30.0 Å². The number of amidine groups is 1. The van der Waals surface area contributed by atoms with E-state index in [0.717, 1.165) is 10.6 Å². The first-order valence-corrected chi connectivity index (χ1v) is 7.63. The van der Waals surface area contributed by atoms with Crippen LogP contribution in [0.4, 0.5) is 0 Å². The molecule has 0 unspecified atom stereocenters. The summed E-state index contributed by atoms with van der Waals surface area (Å²) >= 11 is 3.09. The van der Waals surface area contributed by atoms with E-state index in [-0.39, 0.29) is 5.91 Å². The lowest BCUT2D eigenvalue weighted by Gasteiger charge is -2.14. The molecular formula is C14H14N2OS2. The molecule has 1 aromatic rings. The van der Waals surface area contributed by atoms with Crippen molar-refractivity contribution < 1.29 is 4.79 Å². The highest BCUT2D eigenvalue weighted by Crippen LogP contribution is 2.25. The molecule has 0 bridgehead atoms. The van der Waals surface area contributed by atoms with Crippen molar-refractivity contribution >= 4 is 40.2 Å². The van der Waals surface area contributed by atoms with E-state index in [1.54, 1.807) is 28.4 Å². The SMILES string of the molecule is C=CCSC1=N/C(=C\c2cccs2)C(=O)N1CC=C. The highest BCUT2D eigenvalue weighted by Gasteiger charge is 2.29. The van der Waals surface area contributed by atoms with Crippen LogP contribution in [0.15, 0.2) is 53.5 Å². The van der Waals surface area contributed by atoms with Gasteiger partial charge in [0.15, 0.2) is 5.17 Å². The van der Waals surface area contributed by atoms with E-state index in [0.29, 0.717) is 17.4 Å². The molecule has 0 saturated carbocycles. The quantitative estimate of drug-likeness (QED) is 0.615. The van der Waals surface area contributed by atoms with Gasteiger partial charge < -0.3 is 0 Å². The van der Waals surface area contributed by atoms with Gasteiger partial charge in [-0.15, -0.1) is 24.5 Å². The average Bonchev–Trinajstić information content (AvgIpc) is 3.00. The fourth-order valence-electron chi connectivity index (χ4n) is 1.57. The van der Waals surface area contributed by atoms with Crippen molar-refractivity contribution in [3.63, 3.8) is 0 Å². The Morgan fingerprint density at radius 3 is 2.89 bits per heavy atom. The van der Waals surface area contributed by atoms with Crippen molar-refractivity contribution in [3.8, 4) is 0 Å². The van der Waals surface area contributed by atoms with Crippen LogP contribution >= 0.6 is 23.1 Å². The van der Waals surface area contributed by atoms with Crippen LogP contribution in [0.2, 0.25) is 0 Å². The molecule has 2 heterocycles. The number of hydrogen-bond donors (Lipinski definition) is 0. The average molecular weight is 290 g/mol. The minimum Gasteiger partial charge on any atom is -0.282 e. The second kappa shape index (κ2) is 6.54. The van der Waals surface area contributed by atoms with Crippen LogP contribution in [-0.4, -0.2) is 28.3 Å². The number of hydrogen-bond acceptors (Lipinski definition) is 4. The van der Waals surface area contributed by atoms with Gasteiger partial charge in [0, 0.05) is 17.2 Å². The number of carbonyl (C=O) groups is 1. The van der Waals surface area contributed by atoms with E-state index in [9.17, 15) is 4.79 Å². The maximum absolute atomic E-state index is 12.3. The third-order valence-corrected chi connectivity index (χ3v) is 4.17. The second-order valence-electron chi connectivity index (χ2n) is 3.74. The zero-order valence-electron chi connectivity index (χ0n) is 10.4. The molecule has 1 aliphatic heterocycles. The van der Waals surface area contributed by atoms with Crippen molar-refractivity contribution in [2.45, 2.75) is 0 Å². The van der Waals surface area contributed by atoms with E-state index in [1.807, 2.05) is 23.6 Å². The fraction of sp³-hybridized carbons (Fsp3) is 0.143. The predicted molar refractivity (Wildman–Crippen MR) is 84.3 cm³/mol. The molecule has 0 spiro atoms. The Bertz CT molecular complexity index is 544. The van der Waals surface area contributed by atoms with Crippen LogP contribution in [-0.2, 0) is 4.79 Å². The van der Waals surface area contributed by atoms with E-state index < -0.39 is 0 Å². The van der Waals surface area contributed by atoms with Crippen LogP contribution in [0.5, 0.6) is 0 Å². The lowest BCUT2D eigenvalue weighted by atomic mass is 10.3. The Hall–Kier alpha value is -1.59. The molecule has 0 atom stereocenters. The smallest absolute Gasteiger partial charge is 0.278 e. The summed E-state index contributed by atoms with van der Waals surface area (Å²) < 4.78 is 0. The summed E-state index contributed by atoms with van der Waals surface area (Å²) in [7, 11) is 0. The van der Waals surface area contributed by atoms with Crippen molar-refractivity contribution in [1.29, 1.82) is 0 Å². The molecule has 0 aromatic carbocycles. The van der Waals surface area contributed by atoms with Gasteiger partial charge in [0.1, 0.15) is 5.70 Å². The number of nitrogens with zero attached hydrogens (tertiary/aromatic N) is 2. The van der Waals surface area contributed by atoms with Crippen LogP contribution in [0.25, 0.3) is 6.08 Å². The molecule has 2 rings (SSSR count). The molecule has 1 amide bonds. The zero-order chi connectivity index (χ0) is 13.7. The minimum absolute atomic E-state index is 0.0696.